The van der Waals surface area contributed by atoms with Gasteiger partial charge in [0, 0.05) is 24.8 Å². The molecule has 0 radical (unpaired) electrons. The summed E-state index contributed by atoms with van der Waals surface area (Å²) in [7, 11) is -3.50. The van der Waals surface area contributed by atoms with E-state index in [4.69, 9.17) is 0 Å². The van der Waals surface area contributed by atoms with Crippen molar-refractivity contribution in [2.24, 2.45) is 0 Å². The summed E-state index contributed by atoms with van der Waals surface area (Å²) in [5.74, 6) is 0. The summed E-state index contributed by atoms with van der Waals surface area (Å²) in [6.07, 6.45) is 3.49. The van der Waals surface area contributed by atoms with Gasteiger partial charge in [0.15, 0.2) is 0 Å². The van der Waals surface area contributed by atoms with Crippen LogP contribution in [0.4, 0.5) is 0 Å². The summed E-state index contributed by atoms with van der Waals surface area (Å²) >= 11 is 1.43. The fraction of sp³-hybridized carbons (Fsp3) is 0.294. The first-order valence-electron chi connectivity index (χ1n) is 8.05. The molecule has 0 spiro atoms. The lowest BCUT2D eigenvalue weighted by Gasteiger charge is -2.16. The summed E-state index contributed by atoms with van der Waals surface area (Å²) in [5, 5.41) is 10.5. The van der Waals surface area contributed by atoms with Gasteiger partial charge in [-0.1, -0.05) is 17.4 Å². The second-order valence-corrected chi connectivity index (χ2v) is 8.85. The second kappa shape index (κ2) is 6.45. The highest BCUT2D eigenvalue weighted by Crippen LogP contribution is 2.33. The molecule has 4 rings (SSSR count). The Morgan fingerprint density at radius 2 is 2.00 bits per heavy atom. The lowest BCUT2D eigenvalue weighted by molar-refractivity contribution is 0.282. The lowest BCUT2D eigenvalue weighted by Crippen LogP contribution is -2.27. The van der Waals surface area contributed by atoms with Crippen molar-refractivity contribution in [3.63, 3.8) is 0 Å². The summed E-state index contributed by atoms with van der Waals surface area (Å²) in [5.41, 5.74) is 2.09. The number of nitrogens with zero attached hydrogens (tertiary/aromatic N) is 3. The first kappa shape index (κ1) is 16.6. The van der Waals surface area contributed by atoms with Gasteiger partial charge in [0.2, 0.25) is 10.0 Å². The average molecular weight is 375 g/mol. The molecule has 0 bridgehead atoms. The molecule has 0 aliphatic carbocycles. The second-order valence-electron chi connectivity index (χ2n) is 5.93. The van der Waals surface area contributed by atoms with Gasteiger partial charge in [0.05, 0.1) is 11.5 Å². The van der Waals surface area contributed by atoms with Gasteiger partial charge in [-0.2, -0.15) is 4.31 Å². The number of benzene rings is 1. The molecular weight excluding hydrogens is 358 g/mol. The maximum Gasteiger partial charge on any atom is 0.243 e. The number of aromatic nitrogens is 2. The molecule has 8 heteroatoms. The van der Waals surface area contributed by atoms with Crippen molar-refractivity contribution in [3.8, 4) is 10.6 Å². The number of aliphatic hydroxyl groups excluding tert-OH is 1. The van der Waals surface area contributed by atoms with Crippen molar-refractivity contribution in [1.82, 2.24) is 14.3 Å². The molecule has 0 unspecified atom stereocenters. The highest BCUT2D eigenvalue weighted by molar-refractivity contribution is 7.89. The van der Waals surface area contributed by atoms with Crippen molar-refractivity contribution < 1.29 is 13.5 Å². The van der Waals surface area contributed by atoms with E-state index in [1.165, 1.54) is 15.6 Å². The minimum Gasteiger partial charge on any atom is -0.392 e. The largest absolute Gasteiger partial charge is 0.392 e. The van der Waals surface area contributed by atoms with Crippen LogP contribution >= 0.6 is 11.3 Å². The quantitative estimate of drug-likeness (QED) is 0.758. The molecule has 25 heavy (non-hydrogen) atoms. The fourth-order valence-electron chi connectivity index (χ4n) is 3.03. The third kappa shape index (κ3) is 2.95. The molecule has 3 heterocycles. The van der Waals surface area contributed by atoms with Crippen molar-refractivity contribution >= 4 is 31.7 Å². The standard InChI is InChI=1S/C17H17N3O3S2/c21-11-12-10-13(25(22,23)20-8-1-2-9-20)5-6-14(12)16-19-15-4-3-7-18-17(15)24-16/h3-7,10,21H,1-2,8-9,11H2. The molecule has 6 nitrogen and oxygen atoms in total. The average Bonchev–Trinajstić information content (AvgIpc) is 3.30. The number of aliphatic hydroxyl groups is 1. The van der Waals surface area contributed by atoms with Gasteiger partial charge in [-0.25, -0.2) is 18.4 Å². The Bertz CT molecular complexity index is 992. The Kier molecular flexibility index (Phi) is 4.28. The van der Waals surface area contributed by atoms with Gasteiger partial charge in [-0.15, -0.1) is 0 Å². The van der Waals surface area contributed by atoms with E-state index in [9.17, 15) is 13.5 Å². The van der Waals surface area contributed by atoms with Gasteiger partial charge >= 0.3 is 0 Å². The van der Waals surface area contributed by atoms with Crippen LogP contribution in [0, 0.1) is 0 Å². The maximum atomic E-state index is 12.7. The number of hydrogen-bond acceptors (Lipinski definition) is 6. The number of pyridine rings is 1. The predicted molar refractivity (Wildman–Crippen MR) is 96.8 cm³/mol. The molecule has 0 saturated carbocycles. The Balaban J connectivity index is 1.77. The van der Waals surface area contributed by atoms with Crippen LogP contribution in [0.2, 0.25) is 0 Å². The Morgan fingerprint density at radius 1 is 1.20 bits per heavy atom. The summed E-state index contributed by atoms with van der Waals surface area (Å²) in [6, 6.07) is 8.59. The summed E-state index contributed by atoms with van der Waals surface area (Å²) in [6.45, 7) is 0.867. The van der Waals surface area contributed by atoms with E-state index in [-0.39, 0.29) is 11.5 Å². The molecule has 1 aliphatic rings. The Hall–Kier alpha value is -1.87. The first-order chi connectivity index (χ1) is 12.1. The van der Waals surface area contributed by atoms with E-state index in [1.807, 2.05) is 12.1 Å². The highest BCUT2D eigenvalue weighted by Gasteiger charge is 2.28. The van der Waals surface area contributed by atoms with Gasteiger partial charge < -0.3 is 5.11 Å². The third-order valence-electron chi connectivity index (χ3n) is 4.35. The van der Waals surface area contributed by atoms with Gasteiger partial charge in [-0.3, -0.25) is 0 Å². The molecule has 3 aromatic rings. The van der Waals surface area contributed by atoms with Crippen LogP contribution in [-0.4, -0.2) is 40.9 Å². The van der Waals surface area contributed by atoms with E-state index in [0.717, 1.165) is 33.8 Å². The monoisotopic (exact) mass is 375 g/mol. The van der Waals surface area contributed by atoms with E-state index >= 15 is 0 Å². The van der Waals surface area contributed by atoms with E-state index < -0.39 is 10.0 Å². The van der Waals surface area contributed by atoms with Crippen LogP contribution in [0.5, 0.6) is 0 Å². The molecule has 130 valence electrons. The highest BCUT2D eigenvalue weighted by atomic mass is 32.2. The summed E-state index contributed by atoms with van der Waals surface area (Å²) in [4.78, 5) is 9.87. The number of rotatable bonds is 4. The Morgan fingerprint density at radius 3 is 2.72 bits per heavy atom. The topological polar surface area (TPSA) is 83.4 Å². The zero-order valence-corrected chi connectivity index (χ0v) is 15.1. The minimum atomic E-state index is -3.50. The molecule has 0 amide bonds. The normalized spacial score (nSPS) is 15.9. The Labute approximate surface area is 149 Å². The summed E-state index contributed by atoms with van der Waals surface area (Å²) < 4.78 is 26.9. The van der Waals surface area contributed by atoms with Gasteiger partial charge in [0.25, 0.3) is 0 Å². The molecular formula is C17H17N3O3S2. The van der Waals surface area contributed by atoms with Crippen molar-refractivity contribution in [2.75, 3.05) is 13.1 Å². The van der Waals surface area contributed by atoms with E-state index in [0.29, 0.717) is 18.7 Å². The fourth-order valence-corrected chi connectivity index (χ4v) is 5.57. The third-order valence-corrected chi connectivity index (χ3v) is 7.25. The molecule has 1 saturated heterocycles. The number of thiazole rings is 1. The van der Waals surface area contributed by atoms with Crippen LogP contribution < -0.4 is 0 Å². The predicted octanol–water partition coefficient (Wildman–Crippen LogP) is 2.64. The number of sulfonamides is 1. The molecule has 1 aliphatic heterocycles. The zero-order valence-electron chi connectivity index (χ0n) is 13.4. The lowest BCUT2D eigenvalue weighted by atomic mass is 10.1. The van der Waals surface area contributed by atoms with Crippen LogP contribution in [0.15, 0.2) is 41.4 Å². The van der Waals surface area contributed by atoms with Crippen LogP contribution in [-0.2, 0) is 16.6 Å². The van der Waals surface area contributed by atoms with Crippen molar-refractivity contribution in [2.45, 2.75) is 24.3 Å². The van der Waals surface area contributed by atoms with Crippen LogP contribution in [0.3, 0.4) is 0 Å². The molecule has 0 atom stereocenters. The first-order valence-corrected chi connectivity index (χ1v) is 10.3. The van der Waals surface area contributed by atoms with Crippen LogP contribution in [0.25, 0.3) is 20.9 Å². The van der Waals surface area contributed by atoms with Crippen molar-refractivity contribution in [1.29, 1.82) is 0 Å². The molecule has 2 aromatic heterocycles. The van der Waals surface area contributed by atoms with E-state index in [1.54, 1.807) is 24.4 Å². The SMILES string of the molecule is O=S(=O)(c1ccc(-c2nc3cccnc3s2)c(CO)c1)N1CCCC1. The maximum absolute atomic E-state index is 12.7. The molecule has 1 fully saturated rings. The van der Waals surface area contributed by atoms with Gasteiger partial charge in [0.1, 0.15) is 15.4 Å². The van der Waals surface area contributed by atoms with Crippen molar-refractivity contribution in [3.05, 3.63) is 42.1 Å². The minimum absolute atomic E-state index is 0.224. The smallest absolute Gasteiger partial charge is 0.243 e. The number of hydrogen-bond donors (Lipinski definition) is 1. The number of fused-ring (bicyclic) bond motifs is 1. The van der Waals surface area contributed by atoms with Crippen LogP contribution in [0.1, 0.15) is 18.4 Å². The zero-order chi connectivity index (χ0) is 17.4. The van der Waals surface area contributed by atoms with Gasteiger partial charge in [-0.05, 0) is 42.7 Å². The van der Waals surface area contributed by atoms with E-state index in [2.05, 4.69) is 9.97 Å². The molecule has 1 N–H and O–H groups in total. The molecule has 1 aromatic carbocycles.